The van der Waals surface area contributed by atoms with E-state index in [0.717, 1.165) is 32.5 Å². The van der Waals surface area contributed by atoms with Crippen LogP contribution in [0.25, 0.3) is 0 Å². The molecule has 3 aliphatic rings. The monoisotopic (exact) mass is 442 g/mol. The molecule has 174 valence electrons. The number of nitrogens with zero attached hydrogens (tertiary/aromatic N) is 3. The lowest BCUT2D eigenvalue weighted by Gasteiger charge is -2.39. The Kier molecular flexibility index (Phi) is 6.42. The molecule has 1 atom stereocenters. The van der Waals surface area contributed by atoms with Crippen molar-refractivity contribution in [3.8, 4) is 5.75 Å². The molecule has 0 aliphatic carbocycles. The average molecular weight is 443 g/mol. The summed E-state index contributed by atoms with van der Waals surface area (Å²) in [6, 6.07) is 6.48. The Morgan fingerprint density at radius 2 is 1.97 bits per heavy atom. The number of likely N-dealkylation sites (tertiary alicyclic amines) is 2. The first-order valence-corrected chi connectivity index (χ1v) is 11.6. The van der Waals surface area contributed by atoms with Gasteiger partial charge in [0.1, 0.15) is 11.3 Å². The summed E-state index contributed by atoms with van der Waals surface area (Å²) in [6.45, 7) is 7.99. The van der Waals surface area contributed by atoms with Gasteiger partial charge >= 0.3 is 6.03 Å². The van der Waals surface area contributed by atoms with Crippen LogP contribution in [0.1, 0.15) is 49.9 Å². The second kappa shape index (κ2) is 9.10. The van der Waals surface area contributed by atoms with Crippen LogP contribution in [0.15, 0.2) is 24.3 Å². The summed E-state index contributed by atoms with van der Waals surface area (Å²) in [6.07, 6.45) is 2.75. The van der Waals surface area contributed by atoms with E-state index in [1.807, 2.05) is 0 Å². The first-order valence-electron chi connectivity index (χ1n) is 11.6. The summed E-state index contributed by atoms with van der Waals surface area (Å²) in [4.78, 5) is 45.0. The Morgan fingerprint density at radius 1 is 1.22 bits per heavy atom. The topological polar surface area (TPSA) is 82.2 Å². The van der Waals surface area contributed by atoms with E-state index in [2.05, 4.69) is 24.1 Å². The minimum Gasteiger partial charge on any atom is -0.497 e. The van der Waals surface area contributed by atoms with Gasteiger partial charge in [-0.25, -0.2) is 4.79 Å². The molecule has 0 radical (unpaired) electrons. The highest BCUT2D eigenvalue weighted by atomic mass is 16.5. The van der Waals surface area contributed by atoms with Crippen molar-refractivity contribution in [2.24, 2.45) is 5.92 Å². The molecule has 0 aromatic heterocycles. The fourth-order valence-electron chi connectivity index (χ4n) is 5.23. The number of ether oxygens (including phenoxy) is 1. The number of hydrogen-bond acceptors (Lipinski definition) is 5. The lowest BCUT2D eigenvalue weighted by molar-refractivity contribution is -0.135. The average Bonchev–Trinajstić information content (AvgIpc) is 3.03. The second-order valence-electron chi connectivity index (χ2n) is 9.66. The first kappa shape index (κ1) is 22.6. The second-order valence-corrected chi connectivity index (χ2v) is 9.66. The predicted molar refractivity (Wildman–Crippen MR) is 121 cm³/mol. The van der Waals surface area contributed by atoms with Gasteiger partial charge in [0, 0.05) is 38.3 Å². The molecule has 3 saturated heterocycles. The molecule has 3 heterocycles. The zero-order valence-corrected chi connectivity index (χ0v) is 19.3. The van der Waals surface area contributed by atoms with E-state index < -0.39 is 5.54 Å². The van der Waals surface area contributed by atoms with E-state index >= 15 is 0 Å². The molecule has 1 spiro atoms. The number of nitrogens with one attached hydrogen (secondary N) is 1. The standard InChI is InChI=1S/C24H34N4O4/c1-17(2)15-26-12-9-24(10-13-26)22(30)28(23(31)25-24)19-7-5-11-27(16-19)21(29)18-6-4-8-20(14-18)32-3/h4,6,8,14,17,19H,5,7,9-13,15-16H2,1-3H3,(H,25,31). The number of rotatable bonds is 5. The van der Waals surface area contributed by atoms with Crippen molar-refractivity contribution in [3.63, 3.8) is 0 Å². The fraction of sp³-hybridized carbons (Fsp3) is 0.625. The van der Waals surface area contributed by atoms with Crippen LogP contribution < -0.4 is 10.1 Å². The molecule has 1 aromatic carbocycles. The lowest BCUT2D eigenvalue weighted by atomic mass is 9.86. The number of hydrogen-bond donors (Lipinski definition) is 1. The number of carbonyl (C=O) groups is 3. The molecular formula is C24H34N4O4. The van der Waals surface area contributed by atoms with Gasteiger partial charge in [-0.1, -0.05) is 19.9 Å². The predicted octanol–water partition coefficient (Wildman–Crippen LogP) is 2.34. The zero-order chi connectivity index (χ0) is 22.9. The van der Waals surface area contributed by atoms with Crippen LogP contribution in [0.3, 0.4) is 0 Å². The molecule has 8 heteroatoms. The van der Waals surface area contributed by atoms with Crippen molar-refractivity contribution < 1.29 is 19.1 Å². The summed E-state index contributed by atoms with van der Waals surface area (Å²) in [5, 5.41) is 3.02. The minimum absolute atomic E-state index is 0.0997. The van der Waals surface area contributed by atoms with Crippen molar-refractivity contribution in [1.29, 1.82) is 0 Å². The largest absolute Gasteiger partial charge is 0.497 e. The van der Waals surface area contributed by atoms with E-state index in [-0.39, 0.29) is 23.9 Å². The maximum absolute atomic E-state index is 13.5. The van der Waals surface area contributed by atoms with Gasteiger partial charge in [0.15, 0.2) is 0 Å². The summed E-state index contributed by atoms with van der Waals surface area (Å²) >= 11 is 0. The molecule has 1 unspecified atom stereocenters. The Morgan fingerprint density at radius 3 is 2.66 bits per heavy atom. The summed E-state index contributed by atoms with van der Waals surface area (Å²) < 4.78 is 5.24. The molecular weight excluding hydrogens is 408 g/mol. The number of amides is 4. The smallest absolute Gasteiger partial charge is 0.325 e. The zero-order valence-electron chi connectivity index (χ0n) is 19.3. The van der Waals surface area contributed by atoms with Crippen LogP contribution in [0.2, 0.25) is 0 Å². The molecule has 0 bridgehead atoms. The highest BCUT2D eigenvalue weighted by Crippen LogP contribution is 2.33. The van der Waals surface area contributed by atoms with E-state index in [0.29, 0.717) is 43.2 Å². The number of urea groups is 1. The molecule has 3 aliphatic heterocycles. The lowest BCUT2D eigenvalue weighted by Crippen LogP contribution is -2.56. The van der Waals surface area contributed by atoms with Crippen LogP contribution in [-0.4, -0.2) is 84.0 Å². The van der Waals surface area contributed by atoms with E-state index in [9.17, 15) is 14.4 Å². The third kappa shape index (κ3) is 4.33. The van der Waals surface area contributed by atoms with Gasteiger partial charge in [-0.05, 0) is 49.8 Å². The van der Waals surface area contributed by atoms with E-state index in [4.69, 9.17) is 4.74 Å². The molecule has 4 amide bonds. The number of methoxy groups -OCH3 is 1. The molecule has 1 aromatic rings. The maximum atomic E-state index is 13.5. The minimum atomic E-state index is -0.788. The Hall–Kier alpha value is -2.61. The first-order chi connectivity index (χ1) is 15.3. The number of benzene rings is 1. The van der Waals surface area contributed by atoms with Crippen LogP contribution in [0, 0.1) is 5.92 Å². The van der Waals surface area contributed by atoms with Crippen molar-refractivity contribution in [1.82, 2.24) is 20.0 Å². The summed E-state index contributed by atoms with van der Waals surface area (Å²) in [5.74, 6) is 0.985. The number of imide groups is 1. The van der Waals surface area contributed by atoms with E-state index in [1.54, 1.807) is 36.3 Å². The highest BCUT2D eigenvalue weighted by molar-refractivity contribution is 6.07. The SMILES string of the molecule is COc1cccc(C(=O)N2CCCC(N3C(=O)NC4(CCN(CC(C)C)CC4)C3=O)C2)c1. The molecule has 4 rings (SSSR count). The van der Waals surface area contributed by atoms with Gasteiger partial charge in [-0.15, -0.1) is 0 Å². The highest BCUT2D eigenvalue weighted by Gasteiger charge is 2.54. The van der Waals surface area contributed by atoms with Gasteiger partial charge in [-0.3, -0.25) is 14.5 Å². The normalized spacial score (nSPS) is 23.7. The van der Waals surface area contributed by atoms with Crippen molar-refractivity contribution in [3.05, 3.63) is 29.8 Å². The van der Waals surface area contributed by atoms with Crippen LogP contribution in [-0.2, 0) is 4.79 Å². The van der Waals surface area contributed by atoms with Crippen LogP contribution in [0.5, 0.6) is 5.75 Å². The Balaban J connectivity index is 1.44. The van der Waals surface area contributed by atoms with Crippen molar-refractivity contribution in [2.45, 2.75) is 51.1 Å². The third-order valence-corrected chi connectivity index (χ3v) is 6.89. The van der Waals surface area contributed by atoms with Crippen LogP contribution >= 0.6 is 0 Å². The molecule has 32 heavy (non-hydrogen) atoms. The van der Waals surface area contributed by atoms with Crippen molar-refractivity contribution >= 4 is 17.8 Å². The molecule has 0 saturated carbocycles. The van der Waals surface area contributed by atoms with Gasteiger partial charge in [0.25, 0.3) is 11.8 Å². The summed E-state index contributed by atoms with van der Waals surface area (Å²) in [7, 11) is 1.57. The van der Waals surface area contributed by atoms with Crippen molar-refractivity contribution in [2.75, 3.05) is 39.8 Å². The van der Waals surface area contributed by atoms with Gasteiger partial charge < -0.3 is 19.9 Å². The van der Waals surface area contributed by atoms with Gasteiger partial charge in [0.05, 0.1) is 13.2 Å². The number of carbonyl (C=O) groups excluding carboxylic acids is 3. The summed E-state index contributed by atoms with van der Waals surface area (Å²) in [5.41, 5.74) is -0.236. The molecule has 1 N–H and O–H groups in total. The molecule has 8 nitrogen and oxygen atoms in total. The van der Waals surface area contributed by atoms with Gasteiger partial charge in [-0.2, -0.15) is 0 Å². The quantitative estimate of drug-likeness (QED) is 0.708. The van der Waals surface area contributed by atoms with E-state index in [1.165, 1.54) is 4.90 Å². The Bertz CT molecular complexity index is 879. The molecule has 3 fully saturated rings. The Labute approximate surface area is 189 Å². The third-order valence-electron chi connectivity index (χ3n) is 6.89. The maximum Gasteiger partial charge on any atom is 0.325 e. The fourth-order valence-corrected chi connectivity index (χ4v) is 5.23. The number of piperidine rings is 2. The van der Waals surface area contributed by atoms with Crippen LogP contribution in [0.4, 0.5) is 4.79 Å². The van der Waals surface area contributed by atoms with Gasteiger partial charge in [0.2, 0.25) is 0 Å².